The number of esters is 1. The van der Waals surface area contributed by atoms with Crippen molar-refractivity contribution in [1.82, 2.24) is 15.8 Å². The van der Waals surface area contributed by atoms with Gasteiger partial charge in [-0.25, -0.2) is 10.4 Å². The highest BCUT2D eigenvalue weighted by molar-refractivity contribution is 5.85. The molecule has 2 atom stereocenters. The second kappa shape index (κ2) is 4.16. The Labute approximate surface area is 87.9 Å². The third-order valence-electron chi connectivity index (χ3n) is 2.68. The van der Waals surface area contributed by atoms with Crippen LogP contribution in [0, 0.1) is 0 Å². The van der Waals surface area contributed by atoms with E-state index in [2.05, 4.69) is 10.7 Å². The molecule has 2 heterocycles. The topological polar surface area (TPSA) is 70.7 Å². The van der Waals surface area contributed by atoms with Crippen molar-refractivity contribution in [1.29, 1.82) is 0 Å². The van der Waals surface area contributed by atoms with Gasteiger partial charge in [0.25, 0.3) is 0 Å². The van der Waals surface area contributed by atoms with Crippen LogP contribution >= 0.6 is 0 Å². The number of carbonyl (C=O) groups is 2. The Balaban J connectivity index is 1.97. The Hall–Kier alpha value is -1.14. The fourth-order valence-corrected chi connectivity index (χ4v) is 1.97. The molecule has 2 rings (SSSR count). The molecule has 2 aliphatic rings. The van der Waals surface area contributed by atoms with Crippen LogP contribution in [0.15, 0.2) is 0 Å². The summed E-state index contributed by atoms with van der Waals surface area (Å²) in [6.07, 6.45) is 0.491. The van der Waals surface area contributed by atoms with Gasteiger partial charge in [-0.05, 0) is 6.92 Å². The minimum atomic E-state index is -0.376. The highest BCUT2D eigenvalue weighted by Crippen LogP contribution is 2.17. The first-order chi connectivity index (χ1) is 7.22. The number of piperazine rings is 1. The van der Waals surface area contributed by atoms with Crippen LogP contribution in [0.5, 0.6) is 0 Å². The first-order valence-corrected chi connectivity index (χ1v) is 5.19. The molecule has 0 aromatic rings. The van der Waals surface area contributed by atoms with Crippen LogP contribution < -0.4 is 10.7 Å². The number of nitrogens with one attached hydrogen (secondary N) is 2. The fraction of sp³-hybridized carbons (Fsp3) is 0.778. The second-order valence-electron chi connectivity index (χ2n) is 3.67. The highest BCUT2D eigenvalue weighted by Gasteiger charge is 2.41. The first kappa shape index (κ1) is 10.4. The largest absolute Gasteiger partial charge is 0.465 e. The van der Waals surface area contributed by atoms with Gasteiger partial charge in [-0.2, -0.15) is 0 Å². The van der Waals surface area contributed by atoms with Gasteiger partial charge in [-0.1, -0.05) is 0 Å². The summed E-state index contributed by atoms with van der Waals surface area (Å²) in [5.41, 5.74) is 3.01. The van der Waals surface area contributed by atoms with Crippen LogP contribution in [0.2, 0.25) is 0 Å². The smallest absolute Gasteiger partial charge is 0.324 e. The number of ether oxygens (including phenoxy) is 1. The Morgan fingerprint density at radius 2 is 2.47 bits per heavy atom. The van der Waals surface area contributed by atoms with E-state index >= 15 is 0 Å². The summed E-state index contributed by atoms with van der Waals surface area (Å²) in [6, 6.07) is -0.605. The van der Waals surface area contributed by atoms with Crippen LogP contribution in [0.4, 0.5) is 0 Å². The minimum absolute atomic E-state index is 0.0134. The molecule has 0 aromatic heterocycles. The number of amides is 1. The van der Waals surface area contributed by atoms with E-state index in [0.29, 0.717) is 19.6 Å². The molecular weight excluding hydrogens is 198 g/mol. The van der Waals surface area contributed by atoms with Crippen molar-refractivity contribution >= 4 is 11.9 Å². The summed E-state index contributed by atoms with van der Waals surface area (Å²) in [4.78, 5) is 22.9. The van der Waals surface area contributed by atoms with Crippen molar-refractivity contribution in [2.45, 2.75) is 25.4 Å². The van der Waals surface area contributed by atoms with E-state index in [4.69, 9.17) is 4.74 Å². The molecule has 0 radical (unpaired) electrons. The third kappa shape index (κ3) is 1.95. The lowest BCUT2D eigenvalue weighted by atomic mass is 10.1. The molecule has 6 nitrogen and oxygen atoms in total. The quantitative estimate of drug-likeness (QED) is 0.554. The third-order valence-corrected chi connectivity index (χ3v) is 2.68. The first-order valence-electron chi connectivity index (χ1n) is 5.19. The van der Waals surface area contributed by atoms with E-state index in [1.807, 2.05) is 5.01 Å². The van der Waals surface area contributed by atoms with Gasteiger partial charge in [0.05, 0.1) is 6.61 Å². The molecule has 84 valence electrons. The molecule has 2 saturated heterocycles. The van der Waals surface area contributed by atoms with E-state index in [1.54, 1.807) is 6.92 Å². The maximum absolute atomic E-state index is 11.5. The Morgan fingerprint density at radius 3 is 3.13 bits per heavy atom. The lowest BCUT2D eigenvalue weighted by Gasteiger charge is -2.28. The number of nitrogens with zero attached hydrogens (tertiary/aromatic N) is 1. The van der Waals surface area contributed by atoms with E-state index in [-0.39, 0.29) is 24.0 Å². The van der Waals surface area contributed by atoms with Gasteiger partial charge in [0.2, 0.25) is 5.91 Å². The van der Waals surface area contributed by atoms with Gasteiger partial charge in [-0.3, -0.25) is 9.59 Å². The van der Waals surface area contributed by atoms with Gasteiger partial charge in [0.1, 0.15) is 12.1 Å². The molecule has 2 fully saturated rings. The average molecular weight is 213 g/mol. The second-order valence-corrected chi connectivity index (χ2v) is 3.67. The zero-order valence-electron chi connectivity index (χ0n) is 8.66. The summed E-state index contributed by atoms with van der Waals surface area (Å²) in [6.45, 7) is 3.49. The van der Waals surface area contributed by atoms with Gasteiger partial charge in [-0.15, -0.1) is 0 Å². The van der Waals surface area contributed by atoms with E-state index < -0.39 is 0 Å². The van der Waals surface area contributed by atoms with Crippen LogP contribution in [0.25, 0.3) is 0 Å². The minimum Gasteiger partial charge on any atom is -0.465 e. The molecule has 0 saturated carbocycles. The van der Waals surface area contributed by atoms with Crippen LogP contribution in [0.1, 0.15) is 13.3 Å². The number of rotatable bonds is 2. The van der Waals surface area contributed by atoms with Crippen molar-refractivity contribution in [3.05, 3.63) is 0 Å². The van der Waals surface area contributed by atoms with Gasteiger partial charge in [0, 0.05) is 19.5 Å². The summed E-state index contributed by atoms with van der Waals surface area (Å²) >= 11 is 0. The molecule has 0 spiro atoms. The van der Waals surface area contributed by atoms with Gasteiger partial charge >= 0.3 is 5.97 Å². The maximum Gasteiger partial charge on any atom is 0.324 e. The van der Waals surface area contributed by atoms with Crippen molar-refractivity contribution in [3.8, 4) is 0 Å². The van der Waals surface area contributed by atoms with E-state index in [0.717, 1.165) is 6.54 Å². The lowest BCUT2D eigenvalue weighted by Crippen LogP contribution is -2.55. The predicted molar refractivity (Wildman–Crippen MR) is 51.7 cm³/mol. The summed E-state index contributed by atoms with van der Waals surface area (Å²) in [7, 11) is 0. The molecular formula is C9H15N3O3. The molecule has 2 aliphatic heterocycles. The Morgan fingerprint density at radius 1 is 1.67 bits per heavy atom. The van der Waals surface area contributed by atoms with Crippen LogP contribution in [-0.4, -0.2) is 48.7 Å². The fourth-order valence-electron chi connectivity index (χ4n) is 1.97. The Kier molecular flexibility index (Phi) is 2.88. The number of hydrogen-bond donors (Lipinski definition) is 2. The monoisotopic (exact) mass is 213 g/mol. The number of hydrazine groups is 1. The molecule has 6 heteroatoms. The van der Waals surface area contributed by atoms with E-state index in [9.17, 15) is 9.59 Å². The van der Waals surface area contributed by atoms with Gasteiger partial charge < -0.3 is 10.1 Å². The average Bonchev–Trinajstić information content (AvgIpc) is 2.63. The van der Waals surface area contributed by atoms with Crippen molar-refractivity contribution in [3.63, 3.8) is 0 Å². The zero-order valence-corrected chi connectivity index (χ0v) is 8.66. The zero-order chi connectivity index (χ0) is 10.8. The Bertz CT molecular complexity index is 282. The summed E-state index contributed by atoms with van der Waals surface area (Å²) < 4.78 is 4.91. The predicted octanol–water partition coefficient (Wildman–Crippen LogP) is -1.37. The lowest BCUT2D eigenvalue weighted by molar-refractivity contribution is -0.145. The maximum atomic E-state index is 11.5. The van der Waals surface area contributed by atoms with Crippen molar-refractivity contribution in [2.24, 2.45) is 0 Å². The molecule has 15 heavy (non-hydrogen) atoms. The number of hydrogen-bond acceptors (Lipinski definition) is 5. The molecule has 0 bridgehead atoms. The molecule has 1 amide bonds. The molecule has 2 N–H and O–H groups in total. The van der Waals surface area contributed by atoms with E-state index in [1.165, 1.54) is 0 Å². The molecule has 0 aromatic carbocycles. The molecule has 2 unspecified atom stereocenters. The standard InChI is InChI=1S/C9H15N3O3/c1-2-15-9(14)6-5-7-8(13)10-3-4-12(7)11-6/h6-7,11H,2-5H2,1H3,(H,10,13). The number of fused-ring (bicyclic) bond motifs is 1. The van der Waals surface area contributed by atoms with Crippen molar-refractivity contribution < 1.29 is 14.3 Å². The summed E-state index contributed by atoms with van der Waals surface area (Å²) in [5, 5.41) is 4.59. The van der Waals surface area contributed by atoms with Crippen LogP contribution in [0.3, 0.4) is 0 Å². The molecule has 0 aliphatic carbocycles. The number of carbonyl (C=O) groups excluding carboxylic acids is 2. The van der Waals surface area contributed by atoms with Crippen LogP contribution in [-0.2, 0) is 14.3 Å². The van der Waals surface area contributed by atoms with Gasteiger partial charge in [0.15, 0.2) is 0 Å². The normalized spacial score (nSPS) is 30.9. The summed E-state index contributed by atoms with van der Waals surface area (Å²) in [5.74, 6) is -0.291. The highest BCUT2D eigenvalue weighted by atomic mass is 16.5. The van der Waals surface area contributed by atoms with Crippen molar-refractivity contribution in [2.75, 3.05) is 19.7 Å². The SMILES string of the molecule is CCOC(=O)C1CC2C(=O)NCCN2N1.